The van der Waals surface area contributed by atoms with E-state index < -0.39 is 5.60 Å². The smallest absolute Gasteiger partial charge is 0.194 e. The summed E-state index contributed by atoms with van der Waals surface area (Å²) in [6.07, 6.45) is 4.75. The van der Waals surface area contributed by atoms with Gasteiger partial charge in [-0.1, -0.05) is 19.3 Å². The first-order valence-electron chi connectivity index (χ1n) is 6.62. The van der Waals surface area contributed by atoms with E-state index in [-0.39, 0.29) is 11.6 Å². The normalized spacial score (nSPS) is 18.6. The van der Waals surface area contributed by atoms with Gasteiger partial charge in [-0.25, -0.2) is 4.39 Å². The summed E-state index contributed by atoms with van der Waals surface area (Å²) in [4.78, 5) is 12.6. The molecular formula is C15H19FO2. The summed E-state index contributed by atoms with van der Waals surface area (Å²) in [5, 5.41) is 0. The lowest BCUT2D eigenvalue weighted by Gasteiger charge is -2.35. The Labute approximate surface area is 107 Å². The maximum Gasteiger partial charge on any atom is 0.194 e. The molecule has 1 aliphatic carbocycles. The van der Waals surface area contributed by atoms with Crippen molar-refractivity contribution < 1.29 is 13.9 Å². The maximum absolute atomic E-state index is 12.9. The first kappa shape index (κ1) is 13.2. The second-order valence-electron chi connectivity index (χ2n) is 4.82. The van der Waals surface area contributed by atoms with Crippen molar-refractivity contribution >= 4 is 5.78 Å². The van der Waals surface area contributed by atoms with Crippen molar-refractivity contribution in [3.05, 3.63) is 35.6 Å². The zero-order valence-corrected chi connectivity index (χ0v) is 10.7. The molecule has 1 aromatic carbocycles. The standard InChI is InChI=1S/C15H19FO2/c1-2-18-15(10-4-3-5-11-15)14(17)12-6-8-13(16)9-7-12/h6-9H,2-5,10-11H2,1H3. The molecule has 1 saturated carbocycles. The van der Waals surface area contributed by atoms with Gasteiger partial charge in [0.1, 0.15) is 11.4 Å². The van der Waals surface area contributed by atoms with Crippen LogP contribution in [0.15, 0.2) is 24.3 Å². The fourth-order valence-electron chi connectivity index (χ4n) is 2.70. The summed E-state index contributed by atoms with van der Waals surface area (Å²) in [6.45, 7) is 2.45. The van der Waals surface area contributed by atoms with Crippen LogP contribution < -0.4 is 0 Å². The van der Waals surface area contributed by atoms with Crippen LogP contribution in [0.1, 0.15) is 49.4 Å². The van der Waals surface area contributed by atoms with Gasteiger partial charge < -0.3 is 4.74 Å². The van der Waals surface area contributed by atoms with Gasteiger partial charge in [-0.15, -0.1) is 0 Å². The minimum Gasteiger partial charge on any atom is -0.367 e. The third-order valence-electron chi connectivity index (χ3n) is 3.60. The SMILES string of the molecule is CCOC1(C(=O)c2ccc(F)cc2)CCCCC1. The van der Waals surface area contributed by atoms with E-state index in [9.17, 15) is 9.18 Å². The zero-order chi connectivity index (χ0) is 13.0. The third kappa shape index (κ3) is 2.61. The number of carbonyl (C=O) groups is 1. The molecule has 3 heteroatoms. The van der Waals surface area contributed by atoms with Crippen molar-refractivity contribution in [3.8, 4) is 0 Å². The van der Waals surface area contributed by atoms with Crippen molar-refractivity contribution in [1.29, 1.82) is 0 Å². The molecule has 2 nitrogen and oxygen atoms in total. The molecule has 0 N–H and O–H groups in total. The Morgan fingerprint density at radius 1 is 1.22 bits per heavy atom. The van der Waals surface area contributed by atoms with E-state index in [0.717, 1.165) is 32.1 Å². The van der Waals surface area contributed by atoms with Crippen molar-refractivity contribution in [2.75, 3.05) is 6.61 Å². The lowest BCUT2D eigenvalue weighted by Crippen LogP contribution is -2.43. The Bertz CT molecular complexity index is 399. The van der Waals surface area contributed by atoms with Gasteiger partial charge >= 0.3 is 0 Å². The number of hydrogen-bond acceptors (Lipinski definition) is 2. The number of benzene rings is 1. The maximum atomic E-state index is 12.9. The fraction of sp³-hybridized carbons (Fsp3) is 0.533. The molecule has 1 aliphatic rings. The van der Waals surface area contributed by atoms with Crippen molar-refractivity contribution in [2.24, 2.45) is 0 Å². The molecule has 0 atom stereocenters. The van der Waals surface area contributed by atoms with Gasteiger partial charge in [0, 0.05) is 12.2 Å². The molecule has 98 valence electrons. The Morgan fingerprint density at radius 3 is 2.39 bits per heavy atom. The van der Waals surface area contributed by atoms with Crippen LogP contribution in [0.4, 0.5) is 4.39 Å². The van der Waals surface area contributed by atoms with Crippen LogP contribution in [0, 0.1) is 5.82 Å². The van der Waals surface area contributed by atoms with E-state index in [1.54, 1.807) is 12.1 Å². The predicted octanol–water partition coefficient (Wildman–Crippen LogP) is 3.75. The van der Waals surface area contributed by atoms with Crippen LogP contribution in [0.2, 0.25) is 0 Å². The molecule has 18 heavy (non-hydrogen) atoms. The second kappa shape index (κ2) is 5.61. The van der Waals surface area contributed by atoms with E-state index in [1.807, 2.05) is 6.92 Å². The number of ketones is 1. The van der Waals surface area contributed by atoms with Gasteiger partial charge in [-0.2, -0.15) is 0 Å². The number of ether oxygens (including phenoxy) is 1. The zero-order valence-electron chi connectivity index (χ0n) is 10.7. The van der Waals surface area contributed by atoms with Gasteiger partial charge in [0.2, 0.25) is 0 Å². The highest BCUT2D eigenvalue weighted by molar-refractivity contribution is 6.02. The average molecular weight is 250 g/mol. The van der Waals surface area contributed by atoms with Gasteiger partial charge in [0.05, 0.1) is 0 Å². The second-order valence-corrected chi connectivity index (χ2v) is 4.82. The highest BCUT2D eigenvalue weighted by Crippen LogP contribution is 2.34. The molecule has 0 spiro atoms. The van der Waals surface area contributed by atoms with Crippen LogP contribution in [-0.2, 0) is 4.74 Å². The molecule has 0 heterocycles. The fourth-order valence-corrected chi connectivity index (χ4v) is 2.70. The molecule has 0 aliphatic heterocycles. The molecule has 0 aromatic heterocycles. The number of rotatable bonds is 4. The van der Waals surface area contributed by atoms with Crippen LogP contribution in [0.5, 0.6) is 0 Å². The Balaban J connectivity index is 2.24. The van der Waals surface area contributed by atoms with Crippen LogP contribution >= 0.6 is 0 Å². The Morgan fingerprint density at radius 2 is 1.83 bits per heavy atom. The van der Waals surface area contributed by atoms with Gasteiger partial charge in [0.25, 0.3) is 0 Å². The van der Waals surface area contributed by atoms with Gasteiger partial charge in [0.15, 0.2) is 5.78 Å². The first-order valence-corrected chi connectivity index (χ1v) is 6.62. The molecule has 2 rings (SSSR count). The largest absolute Gasteiger partial charge is 0.367 e. The van der Waals surface area contributed by atoms with Gasteiger partial charge in [-0.05, 0) is 44.0 Å². The van der Waals surface area contributed by atoms with Crippen molar-refractivity contribution in [1.82, 2.24) is 0 Å². The lowest BCUT2D eigenvalue weighted by molar-refractivity contribution is -0.0411. The molecule has 1 fully saturated rings. The summed E-state index contributed by atoms with van der Waals surface area (Å²) in [6, 6.07) is 5.76. The molecule has 0 radical (unpaired) electrons. The monoisotopic (exact) mass is 250 g/mol. The summed E-state index contributed by atoms with van der Waals surface area (Å²) in [5.74, 6) is -0.315. The molecular weight excluding hydrogens is 231 g/mol. The molecule has 0 amide bonds. The number of halogens is 1. The van der Waals surface area contributed by atoms with E-state index in [4.69, 9.17) is 4.74 Å². The van der Waals surface area contributed by atoms with Crippen molar-refractivity contribution in [3.63, 3.8) is 0 Å². The quantitative estimate of drug-likeness (QED) is 0.761. The Kier molecular flexibility index (Phi) is 4.12. The topological polar surface area (TPSA) is 26.3 Å². The summed E-state index contributed by atoms with van der Waals surface area (Å²) in [5.41, 5.74) is -0.128. The summed E-state index contributed by atoms with van der Waals surface area (Å²) < 4.78 is 18.7. The van der Waals surface area contributed by atoms with Crippen molar-refractivity contribution in [2.45, 2.75) is 44.6 Å². The molecule has 1 aromatic rings. The van der Waals surface area contributed by atoms with E-state index >= 15 is 0 Å². The minimum atomic E-state index is -0.676. The lowest BCUT2D eigenvalue weighted by atomic mass is 9.79. The van der Waals surface area contributed by atoms with E-state index in [1.165, 1.54) is 12.1 Å². The molecule has 0 saturated heterocycles. The molecule has 0 unspecified atom stereocenters. The predicted molar refractivity (Wildman–Crippen MR) is 68.2 cm³/mol. The average Bonchev–Trinajstić information content (AvgIpc) is 2.40. The summed E-state index contributed by atoms with van der Waals surface area (Å²) in [7, 11) is 0. The van der Waals surface area contributed by atoms with E-state index in [2.05, 4.69) is 0 Å². The first-order chi connectivity index (χ1) is 8.68. The highest BCUT2D eigenvalue weighted by atomic mass is 19.1. The number of Topliss-reactive ketones (excluding diaryl/α,β-unsaturated/α-hetero) is 1. The third-order valence-corrected chi connectivity index (χ3v) is 3.60. The van der Waals surface area contributed by atoms with E-state index in [0.29, 0.717) is 12.2 Å². The number of hydrogen-bond donors (Lipinski definition) is 0. The highest BCUT2D eigenvalue weighted by Gasteiger charge is 2.40. The molecule has 0 bridgehead atoms. The van der Waals surface area contributed by atoms with Crippen LogP contribution in [0.3, 0.4) is 0 Å². The van der Waals surface area contributed by atoms with Crippen LogP contribution in [0.25, 0.3) is 0 Å². The Hall–Kier alpha value is -1.22. The van der Waals surface area contributed by atoms with Crippen LogP contribution in [-0.4, -0.2) is 18.0 Å². The number of carbonyl (C=O) groups excluding carboxylic acids is 1. The minimum absolute atomic E-state index is 0.00375. The summed E-state index contributed by atoms with van der Waals surface area (Å²) >= 11 is 0. The van der Waals surface area contributed by atoms with Gasteiger partial charge in [-0.3, -0.25) is 4.79 Å².